The summed E-state index contributed by atoms with van der Waals surface area (Å²) in [4.78, 5) is 4.12. The van der Waals surface area contributed by atoms with E-state index in [0.717, 1.165) is 10.6 Å². The topological polar surface area (TPSA) is 27.1 Å². The van der Waals surface area contributed by atoms with Gasteiger partial charge in [-0.25, -0.2) is 4.98 Å². The van der Waals surface area contributed by atoms with E-state index in [1.54, 1.807) is 6.20 Å². The highest BCUT2D eigenvalue weighted by Crippen LogP contribution is 2.25. The van der Waals surface area contributed by atoms with Crippen LogP contribution in [0.15, 0.2) is 67.3 Å². The maximum absolute atomic E-state index is 6.26. The number of nitrogens with zero attached hydrogens (tertiary/aromatic N) is 2. The van der Waals surface area contributed by atoms with Gasteiger partial charge in [0.25, 0.3) is 0 Å². The minimum atomic E-state index is -0.0660. The first kappa shape index (κ1) is 18.7. The summed E-state index contributed by atoms with van der Waals surface area (Å²) >= 11 is 6.03. The van der Waals surface area contributed by atoms with Crippen LogP contribution in [0.4, 0.5) is 0 Å². The lowest BCUT2D eigenvalue weighted by atomic mass is 9.87. The zero-order chi connectivity index (χ0) is 18.6. The number of hydrogen-bond acceptors (Lipinski definition) is 2. The number of aromatic nitrogens is 2. The highest BCUT2D eigenvalue weighted by atomic mass is 35.5. The normalized spacial score (nSPS) is 12.9. The minimum absolute atomic E-state index is 0.0660. The van der Waals surface area contributed by atoms with Crippen molar-refractivity contribution in [3.63, 3.8) is 0 Å². The molecular formula is C22H25ClN2O. The quantitative estimate of drug-likeness (QED) is 0.550. The first-order chi connectivity index (χ1) is 12.4. The fraction of sp³-hybridized carbons (Fsp3) is 0.318. The molecule has 1 atom stereocenters. The lowest BCUT2D eigenvalue weighted by molar-refractivity contribution is 0.0279. The Morgan fingerprint density at radius 3 is 2.31 bits per heavy atom. The molecule has 3 nitrogen and oxygen atoms in total. The van der Waals surface area contributed by atoms with E-state index in [4.69, 9.17) is 16.3 Å². The maximum atomic E-state index is 6.26. The molecule has 0 aliphatic carbocycles. The Bertz CT molecular complexity index is 803. The lowest BCUT2D eigenvalue weighted by Crippen LogP contribution is -2.13. The van der Waals surface area contributed by atoms with E-state index in [1.165, 1.54) is 11.1 Å². The summed E-state index contributed by atoms with van der Waals surface area (Å²) < 4.78 is 8.29. The molecule has 1 unspecified atom stereocenters. The van der Waals surface area contributed by atoms with Gasteiger partial charge in [0.1, 0.15) is 6.10 Å². The van der Waals surface area contributed by atoms with E-state index in [2.05, 4.69) is 50.0 Å². The molecule has 1 heterocycles. The van der Waals surface area contributed by atoms with Crippen LogP contribution >= 0.6 is 11.6 Å². The van der Waals surface area contributed by atoms with Gasteiger partial charge < -0.3 is 9.30 Å². The summed E-state index contributed by atoms with van der Waals surface area (Å²) in [6, 6.07) is 16.5. The average molecular weight is 369 g/mol. The molecule has 26 heavy (non-hydrogen) atoms. The fourth-order valence-electron chi connectivity index (χ4n) is 2.82. The van der Waals surface area contributed by atoms with Crippen LogP contribution in [0.2, 0.25) is 5.02 Å². The van der Waals surface area contributed by atoms with Crippen molar-refractivity contribution in [3.05, 3.63) is 89.0 Å². The summed E-state index contributed by atoms with van der Waals surface area (Å²) in [6.07, 6.45) is 5.47. The smallest absolute Gasteiger partial charge is 0.101 e. The van der Waals surface area contributed by atoms with Crippen molar-refractivity contribution < 1.29 is 4.74 Å². The second-order valence-electron chi connectivity index (χ2n) is 7.56. The summed E-state index contributed by atoms with van der Waals surface area (Å²) in [6.45, 7) is 7.94. The summed E-state index contributed by atoms with van der Waals surface area (Å²) in [5, 5.41) is 0.730. The maximum Gasteiger partial charge on any atom is 0.101 e. The van der Waals surface area contributed by atoms with Crippen LogP contribution < -0.4 is 0 Å². The Balaban J connectivity index is 1.72. The van der Waals surface area contributed by atoms with Gasteiger partial charge >= 0.3 is 0 Å². The van der Waals surface area contributed by atoms with Gasteiger partial charge in [-0.15, -0.1) is 0 Å². The van der Waals surface area contributed by atoms with E-state index in [-0.39, 0.29) is 11.5 Å². The molecule has 0 spiro atoms. The van der Waals surface area contributed by atoms with Crippen LogP contribution in [0, 0.1) is 0 Å². The summed E-state index contributed by atoms with van der Waals surface area (Å²) in [7, 11) is 0. The molecule has 1 aromatic heterocycles. The molecule has 4 heteroatoms. The Morgan fingerprint density at radius 1 is 1.04 bits per heavy atom. The second kappa shape index (κ2) is 8.07. The molecule has 0 radical (unpaired) electrons. The highest BCUT2D eigenvalue weighted by molar-refractivity contribution is 6.30. The summed E-state index contributed by atoms with van der Waals surface area (Å²) in [5.74, 6) is 0. The molecule has 0 saturated carbocycles. The van der Waals surface area contributed by atoms with E-state index in [0.29, 0.717) is 13.2 Å². The zero-order valence-corrected chi connectivity index (χ0v) is 16.3. The van der Waals surface area contributed by atoms with Crippen LogP contribution in [0.3, 0.4) is 0 Å². The van der Waals surface area contributed by atoms with Gasteiger partial charge in [-0.3, -0.25) is 0 Å². The number of rotatable bonds is 6. The molecule has 0 aliphatic rings. The molecule has 136 valence electrons. The molecular weight excluding hydrogens is 344 g/mol. The van der Waals surface area contributed by atoms with Gasteiger partial charge in [-0.1, -0.05) is 68.8 Å². The van der Waals surface area contributed by atoms with Crippen molar-refractivity contribution in [1.29, 1.82) is 0 Å². The number of imidazole rings is 1. The van der Waals surface area contributed by atoms with Crippen LogP contribution in [0.5, 0.6) is 0 Å². The second-order valence-corrected chi connectivity index (χ2v) is 7.99. The van der Waals surface area contributed by atoms with Gasteiger partial charge in [0.2, 0.25) is 0 Å². The average Bonchev–Trinajstić information content (AvgIpc) is 3.12. The Labute approximate surface area is 160 Å². The predicted molar refractivity (Wildman–Crippen MR) is 106 cm³/mol. The van der Waals surface area contributed by atoms with E-state index in [1.807, 2.05) is 41.4 Å². The molecule has 0 aliphatic heterocycles. The van der Waals surface area contributed by atoms with E-state index in [9.17, 15) is 0 Å². The Hall–Kier alpha value is -2.10. The van der Waals surface area contributed by atoms with Crippen LogP contribution in [0.1, 0.15) is 43.6 Å². The molecule has 0 fully saturated rings. The first-order valence-corrected chi connectivity index (χ1v) is 9.22. The molecule has 2 aromatic carbocycles. The molecule has 0 saturated heterocycles. The number of hydrogen-bond donors (Lipinski definition) is 0. The van der Waals surface area contributed by atoms with Crippen molar-refractivity contribution >= 4 is 11.6 Å². The monoisotopic (exact) mass is 368 g/mol. The Morgan fingerprint density at radius 2 is 1.73 bits per heavy atom. The van der Waals surface area contributed by atoms with Crippen LogP contribution in [0.25, 0.3) is 0 Å². The van der Waals surface area contributed by atoms with Gasteiger partial charge in [-0.2, -0.15) is 0 Å². The van der Waals surface area contributed by atoms with Gasteiger partial charge in [0.05, 0.1) is 19.5 Å². The van der Waals surface area contributed by atoms with E-state index < -0.39 is 0 Å². The van der Waals surface area contributed by atoms with Crippen molar-refractivity contribution in [3.8, 4) is 0 Å². The third-order valence-corrected chi connectivity index (χ3v) is 4.70. The highest BCUT2D eigenvalue weighted by Gasteiger charge is 2.15. The van der Waals surface area contributed by atoms with Gasteiger partial charge in [0, 0.05) is 17.4 Å². The molecule has 3 aromatic rings. The Kier molecular flexibility index (Phi) is 5.80. The van der Waals surface area contributed by atoms with Crippen molar-refractivity contribution in [2.45, 2.75) is 45.4 Å². The summed E-state index contributed by atoms with van der Waals surface area (Å²) in [5.41, 5.74) is 3.76. The number of halogens is 1. The molecule has 0 N–H and O–H groups in total. The number of ether oxygens (including phenoxy) is 1. The van der Waals surface area contributed by atoms with Crippen molar-refractivity contribution in [2.75, 3.05) is 0 Å². The zero-order valence-electron chi connectivity index (χ0n) is 15.5. The molecule has 3 rings (SSSR count). The fourth-order valence-corrected chi connectivity index (χ4v) is 2.94. The predicted octanol–water partition coefficient (Wildman–Crippen LogP) is 5.79. The first-order valence-electron chi connectivity index (χ1n) is 8.84. The SMILES string of the molecule is CC(C)(C)c1ccc(COC(Cn2ccnc2)c2ccc(Cl)cc2)cc1. The molecule has 0 amide bonds. The van der Waals surface area contributed by atoms with Crippen molar-refractivity contribution in [1.82, 2.24) is 9.55 Å². The number of benzene rings is 2. The largest absolute Gasteiger partial charge is 0.367 e. The minimum Gasteiger partial charge on any atom is -0.367 e. The van der Waals surface area contributed by atoms with Crippen LogP contribution in [-0.4, -0.2) is 9.55 Å². The van der Waals surface area contributed by atoms with Crippen molar-refractivity contribution in [2.24, 2.45) is 0 Å². The van der Waals surface area contributed by atoms with Crippen LogP contribution in [-0.2, 0) is 23.3 Å². The van der Waals surface area contributed by atoms with Gasteiger partial charge in [0.15, 0.2) is 0 Å². The third kappa shape index (κ3) is 4.96. The lowest BCUT2D eigenvalue weighted by Gasteiger charge is -2.21. The third-order valence-electron chi connectivity index (χ3n) is 4.45. The molecule has 0 bridgehead atoms. The standard InChI is InChI=1S/C22H25ClN2O/c1-22(2,3)19-8-4-17(5-9-19)15-26-21(14-25-13-12-24-16-25)18-6-10-20(23)11-7-18/h4-13,16,21H,14-15H2,1-3H3. The van der Waals surface area contributed by atoms with E-state index >= 15 is 0 Å². The van der Waals surface area contributed by atoms with Gasteiger partial charge in [-0.05, 0) is 34.2 Å².